The van der Waals surface area contributed by atoms with E-state index >= 15 is 0 Å². The molecule has 5 heteroatoms. The van der Waals surface area contributed by atoms with Gasteiger partial charge in [0.15, 0.2) is 0 Å². The van der Waals surface area contributed by atoms with Crippen molar-refractivity contribution in [3.63, 3.8) is 0 Å². The predicted molar refractivity (Wildman–Crippen MR) is 46.2 cm³/mol. The van der Waals surface area contributed by atoms with Crippen LogP contribution in [0.3, 0.4) is 0 Å². The molecule has 0 aliphatic heterocycles. The maximum absolute atomic E-state index is 9.30. The van der Waals surface area contributed by atoms with Gasteiger partial charge in [0, 0.05) is 0 Å². The van der Waals surface area contributed by atoms with Crippen molar-refractivity contribution < 1.29 is 39.4 Å². The fourth-order valence-corrected chi connectivity index (χ4v) is 0. The Morgan fingerprint density at radius 2 is 0.714 bits per heavy atom. The van der Waals surface area contributed by atoms with Crippen LogP contribution in [0.4, 0.5) is 0 Å². The normalized spacial score (nSPS) is 6.43. The molecule has 0 saturated carbocycles. The topological polar surface area (TPSA) is 97.7 Å². The molecular formula is C9H21O4V. The summed E-state index contributed by atoms with van der Waals surface area (Å²) in [6.45, 7) is 5.81. The van der Waals surface area contributed by atoms with Gasteiger partial charge in [0.1, 0.15) is 0 Å². The molecule has 0 aromatic carbocycles. The molecule has 0 aliphatic rings. The van der Waals surface area contributed by atoms with Gasteiger partial charge in [0.2, 0.25) is 0 Å². The molecule has 0 N–H and O–H groups in total. The molecule has 0 atom stereocenters. The monoisotopic (exact) mass is 244 g/mol. The van der Waals surface area contributed by atoms with Crippen LogP contribution in [0.1, 0.15) is 40.0 Å². The zero-order valence-electron chi connectivity index (χ0n) is 9.32. The minimum absolute atomic E-state index is 0. The summed E-state index contributed by atoms with van der Waals surface area (Å²) in [6, 6.07) is 0. The average Bonchev–Trinajstić information content (AvgIpc) is 2.18. The van der Waals surface area contributed by atoms with Crippen molar-refractivity contribution in [3.05, 3.63) is 0 Å². The van der Waals surface area contributed by atoms with E-state index < -0.39 is 0 Å². The Morgan fingerprint density at radius 1 is 0.643 bits per heavy atom. The van der Waals surface area contributed by atoms with Crippen LogP contribution in [0, 0.1) is 0 Å². The van der Waals surface area contributed by atoms with E-state index in [0.717, 1.165) is 19.3 Å². The molecule has 86 valence electrons. The third-order valence-electron chi connectivity index (χ3n) is 0.612. The van der Waals surface area contributed by atoms with Crippen molar-refractivity contribution in [2.45, 2.75) is 40.0 Å². The summed E-state index contributed by atoms with van der Waals surface area (Å²) in [6.07, 6.45) is 2.29. The summed E-state index contributed by atoms with van der Waals surface area (Å²) < 4.78 is 0. The second-order valence-electron chi connectivity index (χ2n) is 2.11. The summed E-state index contributed by atoms with van der Waals surface area (Å²) in [5.74, 6) is 0. The number of rotatable bonds is 3. The van der Waals surface area contributed by atoms with E-state index in [2.05, 4.69) is 0 Å². The minimum atomic E-state index is 0. The van der Waals surface area contributed by atoms with Gasteiger partial charge >= 0.3 is 18.6 Å². The average molecular weight is 244 g/mol. The van der Waals surface area contributed by atoms with E-state index in [9.17, 15) is 15.3 Å². The smallest absolute Gasteiger partial charge is 2.00 e. The summed E-state index contributed by atoms with van der Waals surface area (Å²) in [7, 11) is 0. The fourth-order valence-electron chi connectivity index (χ4n) is 0. The first-order valence-electron chi connectivity index (χ1n) is 4.49. The SMILES string of the molecule is CCC[O-].CCC[O-].CCC[O-].[O-2].[V+5]. The van der Waals surface area contributed by atoms with Crippen LogP contribution < -0.4 is 15.3 Å². The maximum Gasteiger partial charge on any atom is 5.00 e. The van der Waals surface area contributed by atoms with Crippen LogP contribution >= 0.6 is 0 Å². The minimum Gasteiger partial charge on any atom is -2.00 e. The predicted octanol–water partition coefficient (Wildman–Crippen LogP) is -0.851. The van der Waals surface area contributed by atoms with Crippen LogP contribution in [0.25, 0.3) is 0 Å². The molecule has 0 spiro atoms. The molecule has 0 heterocycles. The summed E-state index contributed by atoms with van der Waals surface area (Å²) in [5, 5.41) is 27.9. The molecule has 0 fully saturated rings. The van der Waals surface area contributed by atoms with Crippen molar-refractivity contribution in [1.82, 2.24) is 0 Å². The quantitative estimate of drug-likeness (QED) is 0.646. The van der Waals surface area contributed by atoms with Gasteiger partial charge in [-0.05, 0) is 0 Å². The molecule has 0 saturated heterocycles. The second-order valence-corrected chi connectivity index (χ2v) is 2.11. The van der Waals surface area contributed by atoms with Gasteiger partial charge in [0.25, 0.3) is 0 Å². The van der Waals surface area contributed by atoms with Crippen molar-refractivity contribution in [1.29, 1.82) is 0 Å². The third kappa shape index (κ3) is 138. The Bertz CT molecular complexity index is 32.3. The van der Waals surface area contributed by atoms with Crippen molar-refractivity contribution >= 4 is 0 Å². The first kappa shape index (κ1) is 29.3. The van der Waals surface area contributed by atoms with Crippen LogP contribution in [0.2, 0.25) is 0 Å². The van der Waals surface area contributed by atoms with Crippen LogP contribution in [-0.2, 0) is 24.0 Å². The van der Waals surface area contributed by atoms with Gasteiger partial charge in [-0.3, -0.25) is 0 Å². The van der Waals surface area contributed by atoms with Crippen LogP contribution in [0.5, 0.6) is 0 Å². The molecule has 14 heavy (non-hydrogen) atoms. The van der Waals surface area contributed by atoms with E-state index in [1.54, 1.807) is 0 Å². The van der Waals surface area contributed by atoms with Gasteiger partial charge in [-0.2, -0.15) is 0 Å². The van der Waals surface area contributed by atoms with Crippen molar-refractivity contribution in [2.75, 3.05) is 19.8 Å². The first-order valence-corrected chi connectivity index (χ1v) is 4.49. The van der Waals surface area contributed by atoms with E-state index in [-0.39, 0.29) is 43.9 Å². The molecule has 0 aromatic heterocycles. The summed E-state index contributed by atoms with van der Waals surface area (Å²) in [5.41, 5.74) is 0. The van der Waals surface area contributed by atoms with Gasteiger partial charge in [0.05, 0.1) is 0 Å². The first-order chi connectivity index (χ1) is 5.74. The Morgan fingerprint density at radius 3 is 0.714 bits per heavy atom. The molecule has 0 amide bonds. The van der Waals surface area contributed by atoms with Crippen LogP contribution in [-0.4, -0.2) is 19.8 Å². The van der Waals surface area contributed by atoms with Crippen molar-refractivity contribution in [2.24, 2.45) is 0 Å². The third-order valence-corrected chi connectivity index (χ3v) is 0.612. The Labute approximate surface area is 99.5 Å². The Hall–Kier alpha value is 0.424. The largest absolute Gasteiger partial charge is 5.00 e. The molecule has 0 rings (SSSR count). The van der Waals surface area contributed by atoms with Crippen LogP contribution in [0.15, 0.2) is 0 Å². The molecule has 4 nitrogen and oxygen atoms in total. The van der Waals surface area contributed by atoms with E-state index in [4.69, 9.17) is 0 Å². The van der Waals surface area contributed by atoms with Gasteiger partial charge in [-0.25, -0.2) is 0 Å². The van der Waals surface area contributed by atoms with E-state index in [0.29, 0.717) is 0 Å². The standard InChI is InChI=1S/3C3H7O.O.V/c3*1-2-3-4;;/h3*2-3H2,1H3;;/q3*-1;-2;+5. The van der Waals surface area contributed by atoms with Gasteiger partial charge in [-0.1, -0.05) is 40.0 Å². The second kappa shape index (κ2) is 50.2. The zero-order valence-corrected chi connectivity index (χ0v) is 10.7. The van der Waals surface area contributed by atoms with Gasteiger partial charge < -0.3 is 20.8 Å². The fraction of sp³-hybridized carbons (Fsp3) is 1.00. The van der Waals surface area contributed by atoms with E-state index in [1.165, 1.54) is 0 Å². The summed E-state index contributed by atoms with van der Waals surface area (Å²) >= 11 is 0. The number of hydrogen-bond acceptors (Lipinski definition) is 3. The maximum atomic E-state index is 9.30. The molecule has 0 aliphatic carbocycles. The molecular weight excluding hydrogens is 223 g/mol. The number of hydrogen-bond donors (Lipinski definition) is 0. The Kier molecular flexibility index (Phi) is 105. The molecule has 0 bridgehead atoms. The molecule has 0 unspecified atom stereocenters. The Balaban J connectivity index is -0.0000000270. The zero-order chi connectivity index (χ0) is 10.2. The molecule has 0 radical (unpaired) electrons. The summed E-state index contributed by atoms with van der Waals surface area (Å²) in [4.78, 5) is 0. The molecule has 0 aromatic rings. The van der Waals surface area contributed by atoms with Gasteiger partial charge in [-0.15, -0.1) is 19.8 Å². The van der Waals surface area contributed by atoms with Crippen molar-refractivity contribution in [3.8, 4) is 0 Å². The van der Waals surface area contributed by atoms with E-state index in [1.807, 2.05) is 20.8 Å².